The molecule has 1 aromatic heterocycles. The lowest BCUT2D eigenvalue weighted by Gasteiger charge is -2.36. The molecule has 4 rings (SSSR count). The first-order valence-corrected chi connectivity index (χ1v) is 10.5. The maximum Gasteiger partial charge on any atom is 0.278 e. The highest BCUT2D eigenvalue weighted by atomic mass is 16.6. The molecule has 0 radical (unpaired) electrons. The summed E-state index contributed by atoms with van der Waals surface area (Å²) in [7, 11) is 3.93. The Morgan fingerprint density at radius 2 is 1.69 bits per heavy atom. The topological polar surface area (TPSA) is 99.9 Å². The van der Waals surface area contributed by atoms with Crippen molar-refractivity contribution in [2.45, 2.75) is 25.4 Å². The van der Waals surface area contributed by atoms with Gasteiger partial charge in [0.05, 0.1) is 17.0 Å². The Morgan fingerprint density at radius 3 is 2.28 bits per heavy atom. The van der Waals surface area contributed by atoms with E-state index in [1.54, 1.807) is 24.5 Å². The molecule has 9 nitrogen and oxygen atoms in total. The van der Waals surface area contributed by atoms with Crippen LogP contribution in [0.3, 0.4) is 0 Å². The molecule has 3 heterocycles. The highest BCUT2D eigenvalue weighted by Gasteiger charge is 2.42. The number of carbonyl (C=O) groups is 2. The number of imide groups is 1. The van der Waals surface area contributed by atoms with E-state index < -0.39 is 10.8 Å². The number of aromatic nitrogens is 1. The van der Waals surface area contributed by atoms with Crippen molar-refractivity contribution in [3.8, 4) is 0 Å². The number of pyridine rings is 1. The largest absolute Gasteiger partial charge is 0.366 e. The molecule has 2 aliphatic rings. The number of rotatable bonds is 6. The van der Waals surface area contributed by atoms with Gasteiger partial charge in [-0.1, -0.05) is 0 Å². The monoisotopic (exact) mass is 435 g/mol. The Hall–Kier alpha value is -3.59. The number of non-ortho nitro benzene ring substituents is 1. The van der Waals surface area contributed by atoms with Gasteiger partial charge in [0.2, 0.25) is 0 Å². The number of carbonyl (C=O) groups excluding carboxylic acids is 2. The van der Waals surface area contributed by atoms with E-state index in [2.05, 4.69) is 16.9 Å². The van der Waals surface area contributed by atoms with Gasteiger partial charge in [-0.25, -0.2) is 0 Å². The van der Waals surface area contributed by atoms with Crippen LogP contribution in [0.15, 0.2) is 54.5 Å². The zero-order valence-corrected chi connectivity index (χ0v) is 18.1. The third-order valence-electron chi connectivity index (χ3n) is 6.19. The lowest BCUT2D eigenvalue weighted by atomic mass is 10.00. The Labute approximate surface area is 186 Å². The molecular weight excluding hydrogens is 410 g/mol. The summed E-state index contributed by atoms with van der Waals surface area (Å²) in [4.78, 5) is 46.9. The van der Waals surface area contributed by atoms with E-state index in [9.17, 15) is 19.7 Å². The van der Waals surface area contributed by atoms with Crippen LogP contribution in [-0.2, 0) is 16.1 Å². The van der Waals surface area contributed by atoms with E-state index in [0.29, 0.717) is 16.8 Å². The fraction of sp³-hybridized carbons (Fsp3) is 0.348. The smallest absolute Gasteiger partial charge is 0.278 e. The van der Waals surface area contributed by atoms with Crippen molar-refractivity contribution in [3.63, 3.8) is 0 Å². The zero-order valence-electron chi connectivity index (χ0n) is 18.1. The molecule has 9 heteroatoms. The van der Waals surface area contributed by atoms with Crippen LogP contribution in [0.5, 0.6) is 0 Å². The molecule has 2 amide bonds. The van der Waals surface area contributed by atoms with Crippen LogP contribution >= 0.6 is 0 Å². The first-order valence-electron chi connectivity index (χ1n) is 10.5. The quantitative estimate of drug-likeness (QED) is 0.390. The second-order valence-corrected chi connectivity index (χ2v) is 8.22. The van der Waals surface area contributed by atoms with E-state index in [0.717, 1.165) is 31.5 Å². The molecular formula is C23H25N5O4. The van der Waals surface area contributed by atoms with E-state index >= 15 is 0 Å². The first-order chi connectivity index (χ1) is 15.4. The third-order valence-corrected chi connectivity index (χ3v) is 6.19. The number of likely N-dealkylation sites (N-methyl/N-ethyl adjacent to an activating group) is 1. The molecule has 0 N–H and O–H groups in total. The molecule has 2 aromatic rings. The van der Waals surface area contributed by atoms with Gasteiger partial charge in [0.25, 0.3) is 17.5 Å². The minimum Gasteiger partial charge on any atom is -0.366 e. The molecule has 1 saturated heterocycles. The number of nitro groups is 1. The van der Waals surface area contributed by atoms with Crippen molar-refractivity contribution in [3.05, 3.63) is 75.7 Å². The predicted octanol–water partition coefficient (Wildman–Crippen LogP) is 2.30. The Bertz CT molecular complexity index is 1060. The molecule has 32 heavy (non-hydrogen) atoms. The molecule has 0 aliphatic carbocycles. The number of benzene rings is 1. The van der Waals surface area contributed by atoms with E-state index in [4.69, 9.17) is 0 Å². The Kier molecular flexibility index (Phi) is 6.00. The standard InChI is InChI=1S/C23H25N5O4/c1-25-13-9-18(10-14-25)26(2)21-20(17-3-5-19(6-4-17)28(31)32)22(29)27(23(21)30)15-16-7-11-24-12-8-16/h3-8,11-12,18H,9-10,13-15H2,1-2H3. The van der Waals surface area contributed by atoms with Gasteiger partial charge in [-0.15, -0.1) is 0 Å². The summed E-state index contributed by atoms with van der Waals surface area (Å²) in [5, 5.41) is 11.1. The van der Waals surface area contributed by atoms with E-state index in [-0.39, 0.29) is 24.2 Å². The molecule has 166 valence electrons. The fourth-order valence-electron chi connectivity index (χ4n) is 4.28. The van der Waals surface area contributed by atoms with Gasteiger partial charge in [0, 0.05) is 37.6 Å². The second-order valence-electron chi connectivity index (χ2n) is 8.22. The molecule has 0 atom stereocenters. The van der Waals surface area contributed by atoms with Crippen LogP contribution in [0, 0.1) is 10.1 Å². The minimum absolute atomic E-state index is 0.0648. The third kappa shape index (κ3) is 4.11. The summed E-state index contributed by atoms with van der Waals surface area (Å²) >= 11 is 0. The maximum atomic E-state index is 13.5. The predicted molar refractivity (Wildman–Crippen MR) is 118 cm³/mol. The van der Waals surface area contributed by atoms with Gasteiger partial charge in [-0.3, -0.25) is 29.6 Å². The first kappa shape index (κ1) is 21.6. The lowest BCUT2D eigenvalue weighted by molar-refractivity contribution is -0.384. The van der Waals surface area contributed by atoms with Gasteiger partial charge in [-0.05, 0) is 68.4 Å². The average Bonchev–Trinajstić information content (AvgIpc) is 3.04. The van der Waals surface area contributed by atoms with Crippen molar-refractivity contribution in [1.82, 2.24) is 19.7 Å². The van der Waals surface area contributed by atoms with Crippen LogP contribution in [0.25, 0.3) is 5.57 Å². The van der Waals surface area contributed by atoms with Gasteiger partial charge >= 0.3 is 0 Å². The van der Waals surface area contributed by atoms with Gasteiger partial charge in [0.15, 0.2) is 0 Å². The Balaban J connectivity index is 1.72. The number of likely N-dealkylation sites (tertiary alicyclic amines) is 1. The van der Waals surface area contributed by atoms with Crippen LogP contribution in [0.1, 0.15) is 24.0 Å². The number of nitro benzene ring substituents is 1. The Morgan fingerprint density at radius 1 is 1.06 bits per heavy atom. The van der Waals surface area contributed by atoms with Crippen molar-refractivity contribution in [1.29, 1.82) is 0 Å². The minimum atomic E-state index is -0.485. The van der Waals surface area contributed by atoms with Crippen LogP contribution in [0.4, 0.5) is 5.69 Å². The van der Waals surface area contributed by atoms with Gasteiger partial charge in [0.1, 0.15) is 5.70 Å². The molecule has 1 aromatic carbocycles. The maximum absolute atomic E-state index is 13.5. The summed E-state index contributed by atoms with van der Waals surface area (Å²) in [6.07, 6.45) is 5.01. The van der Waals surface area contributed by atoms with Crippen molar-refractivity contribution in [2.24, 2.45) is 0 Å². The molecule has 0 saturated carbocycles. The van der Waals surface area contributed by atoms with Gasteiger partial charge < -0.3 is 9.80 Å². The molecule has 2 aliphatic heterocycles. The molecule has 0 bridgehead atoms. The average molecular weight is 435 g/mol. The summed E-state index contributed by atoms with van der Waals surface area (Å²) < 4.78 is 0. The number of hydrogen-bond acceptors (Lipinski definition) is 7. The summed E-state index contributed by atoms with van der Waals surface area (Å²) in [5.74, 6) is -0.739. The number of hydrogen-bond donors (Lipinski definition) is 0. The van der Waals surface area contributed by atoms with Crippen LogP contribution in [-0.4, -0.2) is 69.6 Å². The van der Waals surface area contributed by atoms with Crippen molar-refractivity contribution in [2.75, 3.05) is 27.2 Å². The lowest BCUT2D eigenvalue weighted by Crippen LogP contribution is -2.43. The summed E-state index contributed by atoms with van der Waals surface area (Å²) in [6.45, 7) is 1.97. The highest BCUT2D eigenvalue weighted by molar-refractivity contribution is 6.35. The SMILES string of the molecule is CN1CCC(N(C)C2=C(c3ccc([N+](=O)[O-])cc3)C(=O)N(Cc3ccncc3)C2=O)CC1. The van der Waals surface area contributed by atoms with Crippen molar-refractivity contribution < 1.29 is 14.5 Å². The molecule has 0 unspecified atom stereocenters. The van der Waals surface area contributed by atoms with Crippen molar-refractivity contribution >= 4 is 23.1 Å². The highest BCUT2D eigenvalue weighted by Crippen LogP contribution is 2.34. The van der Waals surface area contributed by atoms with Crippen LogP contribution < -0.4 is 0 Å². The normalized spacial score (nSPS) is 17.9. The number of amides is 2. The molecule has 0 spiro atoms. The van der Waals surface area contributed by atoms with Crippen LogP contribution in [0.2, 0.25) is 0 Å². The number of nitrogens with zero attached hydrogens (tertiary/aromatic N) is 5. The van der Waals surface area contributed by atoms with Gasteiger partial charge in [-0.2, -0.15) is 0 Å². The van der Waals surface area contributed by atoms with E-state index in [1.807, 2.05) is 11.9 Å². The summed E-state index contributed by atoms with van der Waals surface area (Å²) in [6, 6.07) is 9.47. The van der Waals surface area contributed by atoms with E-state index in [1.165, 1.54) is 29.2 Å². The number of piperidine rings is 1. The summed E-state index contributed by atoms with van der Waals surface area (Å²) in [5.41, 5.74) is 1.88. The zero-order chi connectivity index (χ0) is 22.8. The second kappa shape index (κ2) is 8.88. The molecule has 1 fully saturated rings. The fourth-order valence-corrected chi connectivity index (χ4v) is 4.28.